The van der Waals surface area contributed by atoms with Crippen LogP contribution in [-0.4, -0.2) is 24.1 Å². The molecule has 1 amide bonds. The summed E-state index contributed by atoms with van der Waals surface area (Å²) in [5, 5.41) is 12.0. The van der Waals surface area contributed by atoms with Crippen molar-refractivity contribution in [2.24, 2.45) is 17.8 Å². The topological polar surface area (TPSA) is 75.6 Å². The fourth-order valence-corrected chi connectivity index (χ4v) is 3.24. The van der Waals surface area contributed by atoms with Crippen LogP contribution in [0.5, 0.6) is 5.75 Å². The number of rotatable bonds is 4. The van der Waals surface area contributed by atoms with Gasteiger partial charge in [-0.2, -0.15) is 0 Å². The number of anilines is 1. The fraction of sp³-hybridized carbons (Fsp3) is 0.375. The van der Waals surface area contributed by atoms with E-state index in [1.807, 2.05) is 0 Å². The molecular weight excluding hydrogens is 270 g/mol. The van der Waals surface area contributed by atoms with Crippen LogP contribution in [0.2, 0.25) is 0 Å². The molecule has 2 N–H and O–H groups in total. The average molecular weight is 287 g/mol. The first-order chi connectivity index (χ1) is 10.1. The van der Waals surface area contributed by atoms with Crippen LogP contribution in [0.15, 0.2) is 30.4 Å². The van der Waals surface area contributed by atoms with Crippen LogP contribution in [0.3, 0.4) is 0 Å². The summed E-state index contributed by atoms with van der Waals surface area (Å²) in [6.45, 7) is 0. The van der Waals surface area contributed by atoms with Crippen molar-refractivity contribution in [2.75, 3.05) is 12.4 Å². The van der Waals surface area contributed by atoms with Crippen molar-refractivity contribution in [1.82, 2.24) is 0 Å². The van der Waals surface area contributed by atoms with Gasteiger partial charge in [-0.3, -0.25) is 4.79 Å². The molecule has 2 aliphatic rings. The molecule has 0 saturated heterocycles. The van der Waals surface area contributed by atoms with Gasteiger partial charge in [0, 0.05) is 5.92 Å². The Bertz CT molecular complexity index is 623. The van der Waals surface area contributed by atoms with E-state index in [4.69, 9.17) is 4.74 Å². The molecule has 5 nitrogen and oxygen atoms in total. The number of carbonyl (C=O) groups is 2. The van der Waals surface area contributed by atoms with Gasteiger partial charge in [0.1, 0.15) is 5.75 Å². The molecule has 0 heterocycles. The first kappa shape index (κ1) is 13.7. The van der Waals surface area contributed by atoms with E-state index in [1.54, 1.807) is 12.1 Å². The average Bonchev–Trinajstić information content (AvgIpc) is 3.10. The van der Waals surface area contributed by atoms with Gasteiger partial charge in [-0.05, 0) is 42.9 Å². The number of carbonyl (C=O) groups excluding carboxylic acids is 1. The predicted octanol–water partition coefficient (Wildman–Crippen LogP) is 2.54. The van der Waals surface area contributed by atoms with Crippen LogP contribution in [0, 0.1) is 17.8 Å². The molecule has 0 radical (unpaired) electrons. The SMILES string of the molecule is COc1ccc(NC(=O)C2CC3C=CC2C3)c(C(=O)O)c1. The van der Waals surface area contributed by atoms with Gasteiger partial charge in [-0.15, -0.1) is 0 Å². The second-order valence-electron chi connectivity index (χ2n) is 5.59. The van der Waals surface area contributed by atoms with Crippen LogP contribution in [0.1, 0.15) is 23.2 Å². The summed E-state index contributed by atoms with van der Waals surface area (Å²) in [7, 11) is 1.47. The zero-order valence-corrected chi connectivity index (χ0v) is 11.7. The quantitative estimate of drug-likeness (QED) is 0.834. The molecule has 1 aromatic carbocycles. The van der Waals surface area contributed by atoms with Crippen LogP contribution < -0.4 is 10.1 Å². The number of fused-ring (bicyclic) bond motifs is 2. The molecule has 1 aromatic rings. The summed E-state index contributed by atoms with van der Waals surface area (Å²) in [5.74, 6) is 0.00986. The second kappa shape index (κ2) is 5.24. The van der Waals surface area contributed by atoms with E-state index in [2.05, 4.69) is 17.5 Å². The van der Waals surface area contributed by atoms with Crippen LogP contribution >= 0.6 is 0 Å². The first-order valence-corrected chi connectivity index (χ1v) is 6.99. The maximum atomic E-state index is 12.4. The Kier molecular flexibility index (Phi) is 3.41. The van der Waals surface area contributed by atoms with E-state index >= 15 is 0 Å². The minimum Gasteiger partial charge on any atom is -0.497 e. The van der Waals surface area contributed by atoms with E-state index in [-0.39, 0.29) is 17.4 Å². The van der Waals surface area contributed by atoms with E-state index in [9.17, 15) is 14.7 Å². The highest BCUT2D eigenvalue weighted by Gasteiger charge is 2.39. The van der Waals surface area contributed by atoms with Crippen LogP contribution in [-0.2, 0) is 4.79 Å². The van der Waals surface area contributed by atoms with E-state index in [1.165, 1.54) is 13.2 Å². The summed E-state index contributed by atoms with van der Waals surface area (Å²) < 4.78 is 5.02. The molecule has 110 valence electrons. The molecule has 0 spiro atoms. The molecule has 21 heavy (non-hydrogen) atoms. The van der Waals surface area contributed by atoms with Gasteiger partial charge in [0.2, 0.25) is 5.91 Å². The second-order valence-corrected chi connectivity index (χ2v) is 5.59. The minimum absolute atomic E-state index is 0.0430. The van der Waals surface area contributed by atoms with Crippen molar-refractivity contribution in [2.45, 2.75) is 12.8 Å². The number of allylic oxidation sites excluding steroid dienone is 2. The lowest BCUT2D eigenvalue weighted by Gasteiger charge is -2.18. The summed E-state index contributed by atoms with van der Waals surface area (Å²) in [4.78, 5) is 23.7. The lowest BCUT2D eigenvalue weighted by molar-refractivity contribution is -0.120. The number of amides is 1. The summed E-state index contributed by atoms with van der Waals surface area (Å²) in [6, 6.07) is 4.63. The van der Waals surface area contributed by atoms with Gasteiger partial charge >= 0.3 is 5.97 Å². The first-order valence-electron chi connectivity index (χ1n) is 6.99. The van der Waals surface area contributed by atoms with Crippen molar-refractivity contribution >= 4 is 17.6 Å². The van der Waals surface area contributed by atoms with E-state index < -0.39 is 5.97 Å². The van der Waals surface area contributed by atoms with Gasteiger partial charge in [0.15, 0.2) is 0 Å². The van der Waals surface area contributed by atoms with Crippen LogP contribution in [0.4, 0.5) is 5.69 Å². The highest BCUT2D eigenvalue weighted by molar-refractivity contribution is 6.01. The third-order valence-electron chi connectivity index (χ3n) is 4.33. The fourth-order valence-electron chi connectivity index (χ4n) is 3.24. The molecule has 5 heteroatoms. The van der Waals surface area contributed by atoms with Crippen molar-refractivity contribution in [3.63, 3.8) is 0 Å². The highest BCUT2D eigenvalue weighted by atomic mass is 16.5. The van der Waals surface area contributed by atoms with Gasteiger partial charge in [0.05, 0.1) is 18.4 Å². The molecule has 0 aliphatic heterocycles. The number of hydrogen-bond donors (Lipinski definition) is 2. The highest BCUT2D eigenvalue weighted by Crippen LogP contribution is 2.43. The van der Waals surface area contributed by atoms with Crippen molar-refractivity contribution in [3.8, 4) is 5.75 Å². The summed E-state index contributed by atoms with van der Waals surface area (Å²) in [5.41, 5.74) is 0.362. The molecule has 1 fully saturated rings. The van der Waals surface area contributed by atoms with Gasteiger partial charge in [0.25, 0.3) is 0 Å². The number of hydrogen-bond acceptors (Lipinski definition) is 3. The minimum atomic E-state index is -1.09. The number of carboxylic acids is 1. The maximum Gasteiger partial charge on any atom is 0.337 e. The Morgan fingerprint density at radius 2 is 2.10 bits per heavy atom. The molecule has 2 aliphatic carbocycles. The lowest BCUT2D eigenvalue weighted by Crippen LogP contribution is -2.26. The predicted molar refractivity (Wildman–Crippen MR) is 77.4 cm³/mol. The summed E-state index contributed by atoms with van der Waals surface area (Å²) >= 11 is 0. The number of ether oxygens (including phenoxy) is 1. The molecule has 2 bridgehead atoms. The lowest BCUT2D eigenvalue weighted by atomic mass is 9.92. The monoisotopic (exact) mass is 287 g/mol. The number of carboxylic acid groups (broad SMARTS) is 1. The Balaban J connectivity index is 1.79. The number of nitrogens with one attached hydrogen (secondary N) is 1. The Labute approximate surface area is 122 Å². The third kappa shape index (κ3) is 2.51. The standard InChI is InChI=1S/C16H17NO4/c1-21-11-4-5-14(13(8-11)16(19)20)17-15(18)12-7-9-2-3-10(12)6-9/h2-5,8-10,12H,6-7H2,1H3,(H,17,18)(H,19,20). The van der Waals surface area contributed by atoms with Crippen molar-refractivity contribution in [1.29, 1.82) is 0 Å². The Morgan fingerprint density at radius 3 is 2.67 bits per heavy atom. The third-order valence-corrected chi connectivity index (χ3v) is 4.33. The Morgan fingerprint density at radius 1 is 1.29 bits per heavy atom. The van der Waals surface area contributed by atoms with Gasteiger partial charge in [-0.1, -0.05) is 12.2 Å². The maximum absolute atomic E-state index is 12.4. The molecule has 3 rings (SSSR count). The smallest absolute Gasteiger partial charge is 0.337 e. The number of methoxy groups -OCH3 is 1. The number of aromatic carboxylic acids is 1. The molecule has 3 atom stereocenters. The number of benzene rings is 1. The largest absolute Gasteiger partial charge is 0.497 e. The van der Waals surface area contributed by atoms with Gasteiger partial charge < -0.3 is 15.2 Å². The summed E-state index contributed by atoms with van der Waals surface area (Å²) in [6.07, 6.45) is 6.16. The molecular formula is C16H17NO4. The molecule has 3 unspecified atom stereocenters. The van der Waals surface area contributed by atoms with E-state index in [0.717, 1.165) is 12.8 Å². The molecule has 0 aromatic heterocycles. The van der Waals surface area contributed by atoms with Gasteiger partial charge in [-0.25, -0.2) is 4.79 Å². The Hall–Kier alpha value is -2.30. The van der Waals surface area contributed by atoms with Crippen LogP contribution in [0.25, 0.3) is 0 Å². The zero-order chi connectivity index (χ0) is 15.0. The van der Waals surface area contributed by atoms with Crippen molar-refractivity contribution in [3.05, 3.63) is 35.9 Å². The van der Waals surface area contributed by atoms with E-state index in [0.29, 0.717) is 23.3 Å². The normalized spacial score (nSPS) is 25.9. The van der Waals surface area contributed by atoms with Crippen molar-refractivity contribution < 1.29 is 19.4 Å². The molecule has 1 saturated carbocycles. The zero-order valence-electron chi connectivity index (χ0n) is 11.7.